The molecule has 0 radical (unpaired) electrons. The van der Waals surface area contributed by atoms with E-state index in [0.717, 1.165) is 52.2 Å². The molecule has 0 aliphatic carbocycles. The summed E-state index contributed by atoms with van der Waals surface area (Å²) in [6, 6.07) is 0.388. The summed E-state index contributed by atoms with van der Waals surface area (Å²) in [4.78, 5) is 2.38. The highest BCUT2D eigenvalue weighted by Gasteiger charge is 2.23. The van der Waals surface area contributed by atoms with E-state index in [0.29, 0.717) is 17.5 Å². The average molecular weight is 262 g/mol. The lowest BCUT2D eigenvalue weighted by Crippen LogP contribution is -2.44. The first-order valence-corrected chi connectivity index (χ1v) is 8.22. The summed E-state index contributed by atoms with van der Waals surface area (Å²) in [5, 5.41) is 3.46. The molecule has 2 aliphatic heterocycles. The van der Waals surface area contributed by atoms with Gasteiger partial charge in [-0.05, 0) is 12.8 Å². The highest BCUT2D eigenvalue weighted by Crippen LogP contribution is 2.11. The second-order valence-electron chi connectivity index (χ2n) is 4.83. The molecule has 0 atom stereocenters. The van der Waals surface area contributed by atoms with Gasteiger partial charge in [-0.15, -0.1) is 0 Å². The highest BCUT2D eigenvalue weighted by molar-refractivity contribution is 7.91. The molecule has 100 valence electrons. The minimum absolute atomic E-state index is 0.349. The van der Waals surface area contributed by atoms with Crippen molar-refractivity contribution in [3.63, 3.8) is 0 Å². The van der Waals surface area contributed by atoms with Gasteiger partial charge in [0.05, 0.1) is 24.7 Å². The van der Waals surface area contributed by atoms with E-state index in [1.54, 1.807) is 0 Å². The third-order valence-electron chi connectivity index (χ3n) is 3.52. The molecule has 0 aromatic carbocycles. The van der Waals surface area contributed by atoms with Gasteiger partial charge in [0.15, 0.2) is 0 Å². The van der Waals surface area contributed by atoms with Gasteiger partial charge in [0.1, 0.15) is 9.84 Å². The van der Waals surface area contributed by atoms with Gasteiger partial charge in [0.25, 0.3) is 0 Å². The molecule has 1 N–H and O–H groups in total. The van der Waals surface area contributed by atoms with Crippen molar-refractivity contribution in [1.29, 1.82) is 0 Å². The number of hydrogen-bond donors (Lipinski definition) is 1. The maximum Gasteiger partial charge on any atom is 0.150 e. The van der Waals surface area contributed by atoms with Crippen LogP contribution in [0.1, 0.15) is 12.8 Å². The van der Waals surface area contributed by atoms with Gasteiger partial charge in [-0.3, -0.25) is 4.90 Å². The number of sulfone groups is 1. The molecule has 0 bridgehead atoms. The Labute approximate surface area is 103 Å². The molecule has 2 aliphatic rings. The van der Waals surface area contributed by atoms with Crippen molar-refractivity contribution in [2.45, 2.75) is 18.9 Å². The predicted octanol–water partition coefficient (Wildman–Crippen LogP) is -0.515. The summed E-state index contributed by atoms with van der Waals surface area (Å²) in [5.41, 5.74) is 0. The van der Waals surface area contributed by atoms with Crippen molar-refractivity contribution in [1.82, 2.24) is 10.2 Å². The fourth-order valence-electron chi connectivity index (χ4n) is 2.35. The zero-order valence-electron chi connectivity index (χ0n) is 10.2. The van der Waals surface area contributed by atoms with Crippen molar-refractivity contribution < 1.29 is 13.2 Å². The third-order valence-corrected chi connectivity index (χ3v) is 5.23. The Kier molecular flexibility index (Phi) is 4.78. The Balaban J connectivity index is 1.59. The fourth-order valence-corrected chi connectivity index (χ4v) is 3.84. The Morgan fingerprint density at radius 1 is 1.18 bits per heavy atom. The second-order valence-corrected chi connectivity index (χ2v) is 7.14. The molecule has 0 amide bonds. The predicted molar refractivity (Wildman–Crippen MR) is 66.9 cm³/mol. The number of hydrogen-bond acceptors (Lipinski definition) is 5. The lowest BCUT2D eigenvalue weighted by Gasteiger charge is -2.28. The lowest BCUT2D eigenvalue weighted by molar-refractivity contribution is 0.0381. The van der Waals surface area contributed by atoms with Crippen LogP contribution in [0.4, 0.5) is 0 Å². The molecule has 2 heterocycles. The van der Waals surface area contributed by atoms with E-state index in [9.17, 15) is 8.42 Å². The molecule has 0 unspecified atom stereocenters. The summed E-state index contributed by atoms with van der Waals surface area (Å²) >= 11 is 0. The Bertz CT molecular complexity index is 312. The topological polar surface area (TPSA) is 58.6 Å². The number of rotatable bonds is 4. The van der Waals surface area contributed by atoms with Crippen molar-refractivity contribution in [3.8, 4) is 0 Å². The van der Waals surface area contributed by atoms with E-state index >= 15 is 0 Å². The first kappa shape index (κ1) is 13.3. The molecule has 2 saturated heterocycles. The molecule has 6 heteroatoms. The summed E-state index contributed by atoms with van der Waals surface area (Å²) < 4.78 is 27.8. The normalized spacial score (nSPS) is 27.1. The van der Waals surface area contributed by atoms with Crippen molar-refractivity contribution in [2.24, 2.45) is 0 Å². The SMILES string of the molecule is O=S1(=O)CCC(NCCN2CCOCC2)CC1. The van der Waals surface area contributed by atoms with Crippen LogP contribution in [-0.4, -0.2) is 70.3 Å². The van der Waals surface area contributed by atoms with Gasteiger partial charge in [-0.1, -0.05) is 0 Å². The summed E-state index contributed by atoms with van der Waals surface area (Å²) in [7, 11) is -2.73. The van der Waals surface area contributed by atoms with E-state index in [-0.39, 0.29) is 0 Å². The lowest BCUT2D eigenvalue weighted by atomic mass is 10.1. The molecule has 5 nitrogen and oxygen atoms in total. The Morgan fingerprint density at radius 2 is 1.82 bits per heavy atom. The van der Waals surface area contributed by atoms with Crippen molar-refractivity contribution >= 4 is 9.84 Å². The van der Waals surface area contributed by atoms with Gasteiger partial charge in [0, 0.05) is 32.2 Å². The van der Waals surface area contributed by atoms with E-state index in [1.165, 1.54) is 0 Å². The van der Waals surface area contributed by atoms with Crippen LogP contribution in [0.5, 0.6) is 0 Å². The van der Waals surface area contributed by atoms with Crippen LogP contribution in [0.3, 0.4) is 0 Å². The summed E-state index contributed by atoms with van der Waals surface area (Å²) in [6.45, 7) is 5.68. The van der Waals surface area contributed by atoms with Crippen LogP contribution in [-0.2, 0) is 14.6 Å². The van der Waals surface area contributed by atoms with Gasteiger partial charge < -0.3 is 10.1 Å². The molecule has 0 aromatic rings. The Morgan fingerprint density at radius 3 is 2.47 bits per heavy atom. The maximum absolute atomic E-state index is 11.3. The smallest absolute Gasteiger partial charge is 0.150 e. The zero-order chi connectivity index (χ0) is 12.1. The highest BCUT2D eigenvalue weighted by atomic mass is 32.2. The van der Waals surface area contributed by atoms with Crippen LogP contribution in [0.2, 0.25) is 0 Å². The quantitative estimate of drug-likeness (QED) is 0.739. The van der Waals surface area contributed by atoms with Gasteiger partial charge in [-0.25, -0.2) is 8.42 Å². The first-order chi connectivity index (χ1) is 8.16. The second kappa shape index (κ2) is 6.13. The van der Waals surface area contributed by atoms with E-state index in [4.69, 9.17) is 4.74 Å². The standard InChI is InChI=1S/C11H22N2O3S/c14-17(15)9-1-11(2-10-17)12-3-4-13-5-7-16-8-6-13/h11-12H,1-10H2. The largest absolute Gasteiger partial charge is 0.379 e. The number of morpholine rings is 1. The molecular weight excluding hydrogens is 240 g/mol. The van der Waals surface area contributed by atoms with E-state index in [1.807, 2.05) is 0 Å². The average Bonchev–Trinajstić information content (AvgIpc) is 2.33. The van der Waals surface area contributed by atoms with Crippen LogP contribution >= 0.6 is 0 Å². The zero-order valence-corrected chi connectivity index (χ0v) is 11.0. The van der Waals surface area contributed by atoms with Crippen LogP contribution < -0.4 is 5.32 Å². The molecule has 0 saturated carbocycles. The fraction of sp³-hybridized carbons (Fsp3) is 1.00. The molecule has 0 spiro atoms. The van der Waals surface area contributed by atoms with Crippen LogP contribution in [0, 0.1) is 0 Å². The van der Waals surface area contributed by atoms with Gasteiger partial charge in [-0.2, -0.15) is 0 Å². The Hall–Kier alpha value is -0.170. The van der Waals surface area contributed by atoms with E-state index in [2.05, 4.69) is 10.2 Å². The monoisotopic (exact) mass is 262 g/mol. The molecular formula is C11H22N2O3S. The minimum atomic E-state index is -2.73. The van der Waals surface area contributed by atoms with Gasteiger partial charge in [0.2, 0.25) is 0 Å². The molecule has 2 rings (SSSR count). The molecule has 0 aromatic heterocycles. The number of nitrogens with one attached hydrogen (secondary N) is 1. The van der Waals surface area contributed by atoms with E-state index < -0.39 is 9.84 Å². The number of ether oxygens (including phenoxy) is 1. The summed E-state index contributed by atoms with van der Waals surface area (Å²) in [6.07, 6.45) is 1.54. The molecule has 2 fully saturated rings. The first-order valence-electron chi connectivity index (χ1n) is 6.40. The number of nitrogens with zero attached hydrogens (tertiary/aromatic N) is 1. The van der Waals surface area contributed by atoms with Crippen LogP contribution in [0.25, 0.3) is 0 Å². The third kappa shape index (κ3) is 4.54. The maximum atomic E-state index is 11.3. The van der Waals surface area contributed by atoms with Crippen molar-refractivity contribution in [2.75, 3.05) is 50.9 Å². The summed E-state index contributed by atoms with van der Waals surface area (Å²) in [5.74, 6) is 0.699. The van der Waals surface area contributed by atoms with Gasteiger partial charge >= 0.3 is 0 Å². The minimum Gasteiger partial charge on any atom is -0.379 e. The van der Waals surface area contributed by atoms with Crippen molar-refractivity contribution in [3.05, 3.63) is 0 Å². The molecule has 17 heavy (non-hydrogen) atoms. The van der Waals surface area contributed by atoms with Crippen LogP contribution in [0.15, 0.2) is 0 Å².